The molecule has 1 aliphatic rings. The van der Waals surface area contributed by atoms with E-state index < -0.39 is 0 Å². The second kappa shape index (κ2) is 7.48. The molecule has 1 saturated carbocycles. The van der Waals surface area contributed by atoms with E-state index in [1.807, 2.05) is 30.0 Å². The molecule has 0 radical (unpaired) electrons. The lowest BCUT2D eigenvalue weighted by atomic mass is 9.77. The highest BCUT2D eigenvalue weighted by Gasteiger charge is 2.38. The van der Waals surface area contributed by atoms with Crippen molar-refractivity contribution in [3.05, 3.63) is 69.7 Å². The van der Waals surface area contributed by atoms with Gasteiger partial charge in [-0.25, -0.2) is 0 Å². The number of halogens is 2. The van der Waals surface area contributed by atoms with Gasteiger partial charge in [-0.3, -0.25) is 0 Å². The molecule has 23 heavy (non-hydrogen) atoms. The molecule has 0 bridgehead atoms. The summed E-state index contributed by atoms with van der Waals surface area (Å²) < 4.78 is 0. The van der Waals surface area contributed by atoms with Crippen molar-refractivity contribution in [1.82, 2.24) is 0 Å². The quantitative estimate of drug-likeness (QED) is 0.716. The summed E-state index contributed by atoms with van der Waals surface area (Å²) in [5, 5.41) is 1.80. The first-order valence-corrected chi connectivity index (χ1v) is 9.79. The van der Waals surface area contributed by atoms with Crippen molar-refractivity contribution in [2.75, 3.05) is 0 Å². The molecule has 0 amide bonds. The summed E-state index contributed by atoms with van der Waals surface area (Å²) in [6, 6.07) is 16.3. The number of hydrogen-bond donors (Lipinski definition) is 1. The molecule has 2 aromatic carbocycles. The standard InChI is InChI=1S/C19H21Cl2NS/c20-16-10-14(11-17(21)12-16)13-23-18-8-4-5-9-19(18,22)15-6-2-1-3-7-15/h1-3,6-7,10-12,18H,4-5,8-9,13,22H2. The fourth-order valence-electron chi connectivity index (χ4n) is 3.37. The molecule has 2 N–H and O–H groups in total. The van der Waals surface area contributed by atoms with Crippen molar-refractivity contribution in [1.29, 1.82) is 0 Å². The van der Waals surface area contributed by atoms with Crippen molar-refractivity contribution in [3.63, 3.8) is 0 Å². The predicted octanol–water partition coefficient (Wildman–Crippen LogP) is 6.02. The monoisotopic (exact) mass is 365 g/mol. The average molecular weight is 366 g/mol. The summed E-state index contributed by atoms with van der Waals surface area (Å²) in [6.07, 6.45) is 4.65. The van der Waals surface area contributed by atoms with E-state index in [2.05, 4.69) is 24.3 Å². The van der Waals surface area contributed by atoms with Gasteiger partial charge in [0.2, 0.25) is 0 Å². The van der Waals surface area contributed by atoms with Gasteiger partial charge < -0.3 is 5.73 Å². The zero-order valence-electron chi connectivity index (χ0n) is 13.0. The molecule has 0 aliphatic heterocycles. The van der Waals surface area contributed by atoms with E-state index in [4.69, 9.17) is 28.9 Å². The Hall–Kier alpha value is -0.670. The third-order valence-corrected chi connectivity index (χ3v) is 6.56. The van der Waals surface area contributed by atoms with E-state index in [1.54, 1.807) is 6.07 Å². The first kappa shape index (κ1) is 17.2. The van der Waals surface area contributed by atoms with Gasteiger partial charge in [0.15, 0.2) is 0 Å². The zero-order valence-corrected chi connectivity index (χ0v) is 15.3. The van der Waals surface area contributed by atoms with Crippen LogP contribution in [0, 0.1) is 0 Å². The fourth-order valence-corrected chi connectivity index (χ4v) is 5.38. The third-order valence-electron chi connectivity index (χ3n) is 4.57. The van der Waals surface area contributed by atoms with Gasteiger partial charge in [0, 0.05) is 21.0 Å². The van der Waals surface area contributed by atoms with Crippen LogP contribution in [0.1, 0.15) is 36.8 Å². The highest BCUT2D eigenvalue weighted by Crippen LogP contribution is 2.42. The van der Waals surface area contributed by atoms with Crippen molar-refractivity contribution in [3.8, 4) is 0 Å². The van der Waals surface area contributed by atoms with Gasteiger partial charge in [-0.2, -0.15) is 11.8 Å². The maximum Gasteiger partial charge on any atom is 0.0530 e. The van der Waals surface area contributed by atoms with Crippen LogP contribution in [-0.2, 0) is 11.3 Å². The molecule has 2 unspecified atom stereocenters. The Balaban J connectivity index is 1.77. The van der Waals surface area contributed by atoms with Crippen LogP contribution in [0.3, 0.4) is 0 Å². The number of thioether (sulfide) groups is 1. The average Bonchev–Trinajstić information content (AvgIpc) is 2.54. The van der Waals surface area contributed by atoms with Crippen molar-refractivity contribution >= 4 is 35.0 Å². The van der Waals surface area contributed by atoms with Crippen LogP contribution in [0.5, 0.6) is 0 Å². The lowest BCUT2D eigenvalue weighted by molar-refractivity contribution is 0.314. The molecule has 0 heterocycles. The smallest absolute Gasteiger partial charge is 0.0530 e. The van der Waals surface area contributed by atoms with Crippen LogP contribution in [0.25, 0.3) is 0 Å². The highest BCUT2D eigenvalue weighted by molar-refractivity contribution is 7.99. The van der Waals surface area contributed by atoms with E-state index in [0.29, 0.717) is 15.3 Å². The topological polar surface area (TPSA) is 26.0 Å². The van der Waals surface area contributed by atoms with E-state index in [9.17, 15) is 0 Å². The molecule has 122 valence electrons. The second-order valence-corrected chi connectivity index (χ2v) is 8.29. The van der Waals surface area contributed by atoms with Gasteiger partial charge in [0.05, 0.1) is 5.54 Å². The molecule has 0 aromatic heterocycles. The molecule has 1 nitrogen and oxygen atoms in total. The van der Waals surface area contributed by atoms with Crippen LogP contribution < -0.4 is 5.73 Å². The van der Waals surface area contributed by atoms with E-state index >= 15 is 0 Å². The maximum atomic E-state index is 6.88. The van der Waals surface area contributed by atoms with Gasteiger partial charge in [0.1, 0.15) is 0 Å². The molecule has 0 spiro atoms. The van der Waals surface area contributed by atoms with Gasteiger partial charge in [0.25, 0.3) is 0 Å². The lowest BCUT2D eigenvalue weighted by Gasteiger charge is -2.41. The Morgan fingerprint density at radius 1 is 1.04 bits per heavy atom. The fraction of sp³-hybridized carbons (Fsp3) is 0.368. The van der Waals surface area contributed by atoms with Crippen LogP contribution in [0.15, 0.2) is 48.5 Å². The lowest BCUT2D eigenvalue weighted by Crippen LogP contribution is -2.48. The predicted molar refractivity (Wildman–Crippen MR) is 102 cm³/mol. The minimum Gasteiger partial charge on any atom is -0.320 e. The molecule has 1 aliphatic carbocycles. The molecular weight excluding hydrogens is 345 g/mol. The number of nitrogens with two attached hydrogens (primary N) is 1. The molecule has 4 heteroatoms. The third kappa shape index (κ3) is 4.06. The van der Waals surface area contributed by atoms with Crippen LogP contribution >= 0.6 is 35.0 Å². The number of rotatable bonds is 4. The summed E-state index contributed by atoms with van der Waals surface area (Å²) in [6.45, 7) is 0. The van der Waals surface area contributed by atoms with Crippen molar-refractivity contribution in [2.45, 2.75) is 42.2 Å². The summed E-state index contributed by atoms with van der Waals surface area (Å²) >= 11 is 14.1. The molecule has 1 fully saturated rings. The minimum atomic E-state index is -0.244. The first-order valence-electron chi connectivity index (χ1n) is 7.99. The molecule has 0 saturated heterocycles. The maximum absolute atomic E-state index is 6.88. The summed E-state index contributed by atoms with van der Waals surface area (Å²) in [7, 11) is 0. The Morgan fingerprint density at radius 2 is 1.74 bits per heavy atom. The van der Waals surface area contributed by atoms with Gasteiger partial charge in [-0.05, 0) is 42.2 Å². The van der Waals surface area contributed by atoms with Gasteiger partial charge in [-0.1, -0.05) is 66.4 Å². The SMILES string of the molecule is NC1(c2ccccc2)CCCCC1SCc1cc(Cl)cc(Cl)c1. The Labute approximate surface area is 152 Å². The van der Waals surface area contributed by atoms with Crippen molar-refractivity contribution in [2.24, 2.45) is 5.73 Å². The number of hydrogen-bond acceptors (Lipinski definition) is 2. The Morgan fingerprint density at radius 3 is 2.43 bits per heavy atom. The summed E-state index contributed by atoms with van der Waals surface area (Å²) in [5.41, 5.74) is 9.04. The normalized spacial score (nSPS) is 24.6. The molecule has 3 rings (SSSR count). The second-order valence-electron chi connectivity index (χ2n) is 6.23. The van der Waals surface area contributed by atoms with Crippen LogP contribution in [0.2, 0.25) is 10.0 Å². The van der Waals surface area contributed by atoms with E-state index in [-0.39, 0.29) is 5.54 Å². The first-order chi connectivity index (χ1) is 11.1. The van der Waals surface area contributed by atoms with Gasteiger partial charge >= 0.3 is 0 Å². The largest absolute Gasteiger partial charge is 0.320 e. The summed E-state index contributed by atoms with van der Waals surface area (Å²) in [5.74, 6) is 0.886. The number of benzene rings is 2. The van der Waals surface area contributed by atoms with Gasteiger partial charge in [-0.15, -0.1) is 0 Å². The Bertz CT molecular complexity index is 641. The summed E-state index contributed by atoms with van der Waals surface area (Å²) in [4.78, 5) is 0. The van der Waals surface area contributed by atoms with Crippen molar-refractivity contribution < 1.29 is 0 Å². The Kier molecular flexibility index (Phi) is 5.58. The molecule has 2 atom stereocenters. The van der Waals surface area contributed by atoms with Crippen LogP contribution in [0.4, 0.5) is 0 Å². The minimum absolute atomic E-state index is 0.244. The molecular formula is C19H21Cl2NS. The molecule has 2 aromatic rings. The highest BCUT2D eigenvalue weighted by atomic mass is 35.5. The van der Waals surface area contributed by atoms with E-state index in [0.717, 1.165) is 24.2 Å². The zero-order chi connectivity index (χ0) is 16.3. The van der Waals surface area contributed by atoms with E-state index in [1.165, 1.54) is 18.4 Å². The van der Waals surface area contributed by atoms with Crippen LogP contribution in [-0.4, -0.2) is 5.25 Å².